The maximum atomic E-state index is 12.5. The van der Waals surface area contributed by atoms with Crippen molar-refractivity contribution in [3.8, 4) is 0 Å². The van der Waals surface area contributed by atoms with Gasteiger partial charge in [0.25, 0.3) is 0 Å². The molecule has 0 atom stereocenters. The van der Waals surface area contributed by atoms with Gasteiger partial charge in [-0.05, 0) is 23.8 Å². The summed E-state index contributed by atoms with van der Waals surface area (Å²) in [5.41, 5.74) is 0.918. The number of benzene rings is 1. The van der Waals surface area contributed by atoms with Crippen molar-refractivity contribution in [3.05, 3.63) is 48.3 Å². The van der Waals surface area contributed by atoms with Gasteiger partial charge in [-0.15, -0.1) is 0 Å². The predicted molar refractivity (Wildman–Crippen MR) is 51.6 cm³/mol. The van der Waals surface area contributed by atoms with Gasteiger partial charge >= 0.3 is 0 Å². The standard InChI is InChI=1S/C10H8FN3/c11-10-3-1-9(2-4-10)5-6-14-8-12-7-13-14/h1-8H. The molecule has 1 aromatic carbocycles. The zero-order chi connectivity index (χ0) is 9.80. The SMILES string of the molecule is Fc1ccc(C=Cn2cncn2)cc1. The smallest absolute Gasteiger partial charge is 0.138 e. The summed E-state index contributed by atoms with van der Waals surface area (Å²) in [6.45, 7) is 0. The molecule has 14 heavy (non-hydrogen) atoms. The molecule has 3 nitrogen and oxygen atoms in total. The summed E-state index contributed by atoms with van der Waals surface area (Å²) in [6, 6.07) is 6.23. The fourth-order valence-electron chi connectivity index (χ4n) is 1.03. The summed E-state index contributed by atoms with van der Waals surface area (Å²) in [5.74, 6) is -0.233. The number of halogens is 1. The number of nitrogens with zero attached hydrogens (tertiary/aromatic N) is 3. The lowest BCUT2D eigenvalue weighted by Crippen LogP contribution is -1.84. The Balaban J connectivity index is 2.15. The van der Waals surface area contributed by atoms with E-state index in [0.29, 0.717) is 0 Å². The van der Waals surface area contributed by atoms with Gasteiger partial charge in [0.15, 0.2) is 0 Å². The number of aromatic nitrogens is 3. The molecule has 0 saturated carbocycles. The predicted octanol–water partition coefficient (Wildman–Crippen LogP) is 2.05. The molecule has 0 spiro atoms. The normalized spacial score (nSPS) is 10.9. The zero-order valence-corrected chi connectivity index (χ0v) is 7.34. The third-order valence-electron chi connectivity index (χ3n) is 1.73. The van der Waals surface area contributed by atoms with Gasteiger partial charge in [-0.2, -0.15) is 5.10 Å². The van der Waals surface area contributed by atoms with E-state index in [0.717, 1.165) is 5.56 Å². The largest absolute Gasteiger partial charge is 0.228 e. The van der Waals surface area contributed by atoms with Crippen molar-refractivity contribution < 1.29 is 4.39 Å². The Morgan fingerprint density at radius 3 is 2.64 bits per heavy atom. The van der Waals surface area contributed by atoms with Crippen molar-refractivity contribution in [3.63, 3.8) is 0 Å². The highest BCUT2D eigenvalue weighted by Crippen LogP contribution is 2.04. The maximum Gasteiger partial charge on any atom is 0.138 e. The lowest BCUT2D eigenvalue weighted by atomic mass is 10.2. The van der Waals surface area contributed by atoms with Crippen LogP contribution in [0.15, 0.2) is 36.9 Å². The second kappa shape index (κ2) is 3.83. The molecule has 0 N–H and O–H groups in total. The topological polar surface area (TPSA) is 30.7 Å². The van der Waals surface area contributed by atoms with Crippen LogP contribution >= 0.6 is 0 Å². The summed E-state index contributed by atoms with van der Waals surface area (Å²) in [5, 5.41) is 3.89. The minimum atomic E-state index is -0.233. The molecule has 0 saturated heterocycles. The minimum absolute atomic E-state index is 0.233. The van der Waals surface area contributed by atoms with Crippen LogP contribution in [0.25, 0.3) is 12.3 Å². The molecular formula is C10H8FN3. The van der Waals surface area contributed by atoms with Crippen LogP contribution in [0, 0.1) is 5.82 Å². The second-order valence-corrected chi connectivity index (χ2v) is 2.74. The van der Waals surface area contributed by atoms with Crippen molar-refractivity contribution in [2.24, 2.45) is 0 Å². The molecule has 0 amide bonds. The van der Waals surface area contributed by atoms with E-state index in [-0.39, 0.29) is 5.82 Å². The first-order chi connectivity index (χ1) is 6.84. The Labute approximate surface area is 80.5 Å². The van der Waals surface area contributed by atoms with Gasteiger partial charge in [0.1, 0.15) is 18.5 Å². The third-order valence-corrected chi connectivity index (χ3v) is 1.73. The van der Waals surface area contributed by atoms with E-state index >= 15 is 0 Å². The van der Waals surface area contributed by atoms with E-state index in [9.17, 15) is 4.39 Å². The molecule has 2 aromatic rings. The van der Waals surface area contributed by atoms with Gasteiger partial charge in [-0.25, -0.2) is 14.1 Å². The van der Waals surface area contributed by atoms with E-state index in [4.69, 9.17) is 0 Å². The summed E-state index contributed by atoms with van der Waals surface area (Å²) in [4.78, 5) is 3.79. The van der Waals surface area contributed by atoms with Crippen LogP contribution < -0.4 is 0 Å². The van der Waals surface area contributed by atoms with Crippen LogP contribution in [0.1, 0.15) is 5.56 Å². The third kappa shape index (κ3) is 2.04. The lowest BCUT2D eigenvalue weighted by Gasteiger charge is -1.92. The summed E-state index contributed by atoms with van der Waals surface area (Å²) in [6.07, 6.45) is 6.61. The van der Waals surface area contributed by atoms with Gasteiger partial charge in [-0.3, -0.25) is 0 Å². The Morgan fingerprint density at radius 1 is 1.21 bits per heavy atom. The zero-order valence-electron chi connectivity index (χ0n) is 7.34. The maximum absolute atomic E-state index is 12.5. The average Bonchev–Trinajstić information content (AvgIpc) is 2.70. The van der Waals surface area contributed by atoms with Crippen molar-refractivity contribution >= 4 is 12.3 Å². The molecule has 1 heterocycles. The minimum Gasteiger partial charge on any atom is -0.228 e. The molecule has 0 aliphatic rings. The van der Waals surface area contributed by atoms with Crippen LogP contribution in [0.2, 0.25) is 0 Å². The Morgan fingerprint density at radius 2 is 2.00 bits per heavy atom. The molecule has 0 aliphatic carbocycles. The summed E-state index contributed by atoms with van der Waals surface area (Å²) in [7, 11) is 0. The number of rotatable bonds is 2. The summed E-state index contributed by atoms with van der Waals surface area (Å²) >= 11 is 0. The molecule has 0 unspecified atom stereocenters. The van der Waals surface area contributed by atoms with E-state index < -0.39 is 0 Å². The van der Waals surface area contributed by atoms with E-state index in [2.05, 4.69) is 10.1 Å². The number of hydrogen-bond donors (Lipinski definition) is 0. The molecule has 2 rings (SSSR count). The first-order valence-corrected chi connectivity index (χ1v) is 4.12. The molecule has 1 aromatic heterocycles. The Bertz CT molecular complexity index is 417. The summed E-state index contributed by atoms with van der Waals surface area (Å²) < 4.78 is 14.1. The number of hydrogen-bond acceptors (Lipinski definition) is 2. The van der Waals surface area contributed by atoms with Gasteiger partial charge in [0.05, 0.1) is 0 Å². The van der Waals surface area contributed by atoms with Gasteiger partial charge in [-0.1, -0.05) is 12.1 Å². The fourth-order valence-corrected chi connectivity index (χ4v) is 1.03. The Hall–Kier alpha value is -1.97. The Kier molecular flexibility index (Phi) is 2.36. The molecule has 0 fully saturated rings. The molecule has 0 bridgehead atoms. The quantitative estimate of drug-likeness (QED) is 0.723. The lowest BCUT2D eigenvalue weighted by molar-refractivity contribution is 0.628. The molecule has 0 radical (unpaired) electrons. The highest BCUT2D eigenvalue weighted by atomic mass is 19.1. The first-order valence-electron chi connectivity index (χ1n) is 4.12. The van der Waals surface area contributed by atoms with E-state index in [1.54, 1.807) is 29.3 Å². The monoisotopic (exact) mass is 189 g/mol. The highest BCUT2D eigenvalue weighted by molar-refractivity contribution is 5.59. The highest BCUT2D eigenvalue weighted by Gasteiger charge is 1.88. The molecular weight excluding hydrogens is 181 g/mol. The van der Waals surface area contributed by atoms with Crippen LogP contribution in [0.4, 0.5) is 4.39 Å². The van der Waals surface area contributed by atoms with Gasteiger partial charge < -0.3 is 0 Å². The van der Waals surface area contributed by atoms with Crippen molar-refractivity contribution in [2.45, 2.75) is 0 Å². The van der Waals surface area contributed by atoms with Crippen LogP contribution in [-0.2, 0) is 0 Å². The van der Waals surface area contributed by atoms with Crippen molar-refractivity contribution in [1.29, 1.82) is 0 Å². The molecule has 70 valence electrons. The average molecular weight is 189 g/mol. The van der Waals surface area contributed by atoms with Gasteiger partial charge in [0.2, 0.25) is 0 Å². The van der Waals surface area contributed by atoms with Gasteiger partial charge in [0, 0.05) is 6.20 Å². The van der Waals surface area contributed by atoms with Crippen LogP contribution in [0.5, 0.6) is 0 Å². The van der Waals surface area contributed by atoms with E-state index in [1.165, 1.54) is 18.5 Å². The molecule has 0 aliphatic heterocycles. The van der Waals surface area contributed by atoms with Crippen LogP contribution in [-0.4, -0.2) is 14.8 Å². The second-order valence-electron chi connectivity index (χ2n) is 2.74. The first kappa shape index (κ1) is 8.62. The molecule has 4 heteroatoms. The van der Waals surface area contributed by atoms with Crippen molar-refractivity contribution in [2.75, 3.05) is 0 Å². The fraction of sp³-hybridized carbons (Fsp3) is 0. The van der Waals surface area contributed by atoms with Crippen LogP contribution in [0.3, 0.4) is 0 Å². The van der Waals surface area contributed by atoms with Crippen molar-refractivity contribution in [1.82, 2.24) is 14.8 Å². The van der Waals surface area contributed by atoms with E-state index in [1.807, 2.05) is 6.08 Å².